The summed E-state index contributed by atoms with van der Waals surface area (Å²) >= 11 is 9.47. The largest absolute Gasteiger partial charge is 0.314 e. The molecule has 0 atom stereocenters. The van der Waals surface area contributed by atoms with E-state index in [9.17, 15) is 4.79 Å². The fourth-order valence-corrected chi connectivity index (χ4v) is 2.72. The zero-order valence-electron chi connectivity index (χ0n) is 7.68. The third-order valence-electron chi connectivity index (χ3n) is 2.42. The number of rotatable bonds is 0. The number of hydrogen-bond donors (Lipinski definition) is 0. The lowest BCUT2D eigenvalue weighted by molar-refractivity contribution is -0.118. The fourth-order valence-electron chi connectivity index (χ4n) is 1.72. The van der Waals surface area contributed by atoms with Crippen LogP contribution in [0, 0.1) is 0 Å². The summed E-state index contributed by atoms with van der Waals surface area (Å²) in [6.07, 6.45) is 1.34. The Kier molecular flexibility index (Phi) is 2.54. The van der Waals surface area contributed by atoms with Crippen LogP contribution in [0.5, 0.6) is 0 Å². The molecule has 0 saturated heterocycles. The number of carbonyl (C=O) groups is 1. The van der Waals surface area contributed by atoms with E-state index in [0.717, 1.165) is 22.1 Å². The van der Waals surface area contributed by atoms with Crippen LogP contribution in [0.2, 0.25) is 5.02 Å². The Balaban J connectivity index is 2.60. The van der Waals surface area contributed by atoms with Crippen LogP contribution in [0.1, 0.15) is 12.0 Å². The molecule has 0 saturated carbocycles. The van der Waals surface area contributed by atoms with Gasteiger partial charge in [-0.2, -0.15) is 0 Å². The number of anilines is 1. The second-order valence-corrected chi connectivity index (χ2v) is 4.67. The van der Waals surface area contributed by atoms with E-state index in [-0.39, 0.29) is 5.91 Å². The zero-order valence-corrected chi connectivity index (χ0v) is 10.0. The van der Waals surface area contributed by atoms with E-state index in [1.807, 2.05) is 12.1 Å². The summed E-state index contributed by atoms with van der Waals surface area (Å²) in [7, 11) is 1.76. The molecular weight excluding hydrogens is 265 g/mol. The Hall–Kier alpha value is -0.540. The van der Waals surface area contributed by atoms with E-state index in [0.29, 0.717) is 11.4 Å². The molecule has 1 heterocycles. The molecule has 0 spiro atoms. The molecule has 1 amide bonds. The first kappa shape index (κ1) is 9.99. The quantitative estimate of drug-likeness (QED) is 0.712. The van der Waals surface area contributed by atoms with Gasteiger partial charge in [-0.15, -0.1) is 0 Å². The number of carbonyl (C=O) groups excluding carboxylic acids is 1. The molecule has 1 aromatic carbocycles. The van der Waals surface area contributed by atoms with Gasteiger partial charge in [-0.3, -0.25) is 4.79 Å². The van der Waals surface area contributed by atoms with Crippen LogP contribution in [-0.2, 0) is 11.2 Å². The van der Waals surface area contributed by atoms with Gasteiger partial charge in [0.2, 0.25) is 5.91 Å². The second-order valence-electron chi connectivity index (χ2n) is 3.35. The van der Waals surface area contributed by atoms with Crippen molar-refractivity contribution in [1.29, 1.82) is 0 Å². The van der Waals surface area contributed by atoms with Crippen molar-refractivity contribution in [3.05, 3.63) is 27.2 Å². The molecular formula is C10H9BrClNO. The standard InChI is InChI=1S/C10H9BrClNO/c1-13-9(14)3-2-6-4-7(11)5-8(12)10(6)13/h4-5H,2-3H2,1H3. The summed E-state index contributed by atoms with van der Waals surface area (Å²) in [6.45, 7) is 0. The van der Waals surface area contributed by atoms with Crippen molar-refractivity contribution in [1.82, 2.24) is 0 Å². The Bertz CT molecular complexity index is 405. The molecule has 0 bridgehead atoms. The normalized spacial score (nSPS) is 15.6. The summed E-state index contributed by atoms with van der Waals surface area (Å²) in [5.41, 5.74) is 1.98. The molecule has 74 valence electrons. The Labute approximate surface area is 96.0 Å². The molecule has 1 aliphatic heterocycles. The third-order valence-corrected chi connectivity index (χ3v) is 3.17. The Morgan fingerprint density at radius 2 is 2.14 bits per heavy atom. The third kappa shape index (κ3) is 1.55. The molecule has 1 aromatic rings. The van der Waals surface area contributed by atoms with Crippen molar-refractivity contribution < 1.29 is 4.79 Å². The number of hydrogen-bond acceptors (Lipinski definition) is 1. The minimum absolute atomic E-state index is 0.127. The first-order chi connectivity index (χ1) is 6.59. The van der Waals surface area contributed by atoms with Crippen molar-refractivity contribution in [2.24, 2.45) is 0 Å². The smallest absolute Gasteiger partial charge is 0.227 e. The van der Waals surface area contributed by atoms with Crippen molar-refractivity contribution >= 4 is 39.1 Å². The zero-order chi connectivity index (χ0) is 10.3. The van der Waals surface area contributed by atoms with Crippen molar-refractivity contribution in [2.75, 3.05) is 11.9 Å². The van der Waals surface area contributed by atoms with Gasteiger partial charge in [-0.1, -0.05) is 27.5 Å². The molecule has 0 fully saturated rings. The number of nitrogens with zero attached hydrogens (tertiary/aromatic N) is 1. The summed E-state index contributed by atoms with van der Waals surface area (Å²) < 4.78 is 0.962. The number of fused-ring (bicyclic) bond motifs is 1. The minimum Gasteiger partial charge on any atom is -0.314 e. The van der Waals surface area contributed by atoms with E-state index in [1.165, 1.54) is 0 Å². The average molecular weight is 275 g/mol. The molecule has 0 radical (unpaired) electrons. The maximum absolute atomic E-state index is 11.4. The minimum atomic E-state index is 0.127. The lowest BCUT2D eigenvalue weighted by Gasteiger charge is -2.26. The highest BCUT2D eigenvalue weighted by Crippen LogP contribution is 2.36. The topological polar surface area (TPSA) is 20.3 Å². The van der Waals surface area contributed by atoms with Gasteiger partial charge in [0.05, 0.1) is 10.7 Å². The van der Waals surface area contributed by atoms with Gasteiger partial charge in [0.15, 0.2) is 0 Å². The maximum Gasteiger partial charge on any atom is 0.227 e. The van der Waals surface area contributed by atoms with Gasteiger partial charge in [0.25, 0.3) is 0 Å². The van der Waals surface area contributed by atoms with Crippen LogP contribution >= 0.6 is 27.5 Å². The van der Waals surface area contributed by atoms with E-state index in [1.54, 1.807) is 11.9 Å². The van der Waals surface area contributed by atoms with Crippen LogP contribution in [0.3, 0.4) is 0 Å². The molecule has 0 N–H and O–H groups in total. The highest BCUT2D eigenvalue weighted by atomic mass is 79.9. The SMILES string of the molecule is CN1C(=O)CCc2cc(Br)cc(Cl)c21. The molecule has 1 aliphatic rings. The highest BCUT2D eigenvalue weighted by Gasteiger charge is 2.23. The van der Waals surface area contributed by atoms with Crippen LogP contribution in [0.25, 0.3) is 0 Å². The maximum atomic E-state index is 11.4. The predicted octanol–water partition coefficient (Wildman–Crippen LogP) is 3.01. The summed E-state index contributed by atoms with van der Waals surface area (Å²) in [4.78, 5) is 13.1. The van der Waals surface area contributed by atoms with E-state index < -0.39 is 0 Å². The van der Waals surface area contributed by atoms with Crippen molar-refractivity contribution in [2.45, 2.75) is 12.8 Å². The van der Waals surface area contributed by atoms with Gasteiger partial charge >= 0.3 is 0 Å². The second kappa shape index (κ2) is 3.55. The first-order valence-electron chi connectivity index (χ1n) is 4.34. The number of amides is 1. The van der Waals surface area contributed by atoms with Gasteiger partial charge in [0, 0.05) is 17.9 Å². The number of halogens is 2. The molecule has 0 aliphatic carbocycles. The first-order valence-corrected chi connectivity index (χ1v) is 5.51. The van der Waals surface area contributed by atoms with Crippen LogP contribution in [-0.4, -0.2) is 13.0 Å². The van der Waals surface area contributed by atoms with Crippen LogP contribution < -0.4 is 4.90 Å². The monoisotopic (exact) mass is 273 g/mol. The summed E-state index contributed by atoms with van der Waals surface area (Å²) in [6, 6.07) is 3.83. The predicted molar refractivity (Wildman–Crippen MR) is 60.9 cm³/mol. The van der Waals surface area contributed by atoms with Gasteiger partial charge in [0.1, 0.15) is 0 Å². The van der Waals surface area contributed by atoms with Gasteiger partial charge < -0.3 is 4.90 Å². The van der Waals surface area contributed by atoms with Gasteiger partial charge in [-0.05, 0) is 24.1 Å². The average Bonchev–Trinajstić information content (AvgIpc) is 2.10. The van der Waals surface area contributed by atoms with Crippen molar-refractivity contribution in [3.8, 4) is 0 Å². The molecule has 4 heteroatoms. The Morgan fingerprint density at radius 3 is 2.86 bits per heavy atom. The van der Waals surface area contributed by atoms with E-state index in [2.05, 4.69) is 15.9 Å². The van der Waals surface area contributed by atoms with E-state index in [4.69, 9.17) is 11.6 Å². The van der Waals surface area contributed by atoms with E-state index >= 15 is 0 Å². The van der Waals surface area contributed by atoms with Crippen molar-refractivity contribution in [3.63, 3.8) is 0 Å². The fraction of sp³-hybridized carbons (Fsp3) is 0.300. The lowest BCUT2D eigenvalue weighted by atomic mass is 10.0. The molecule has 2 rings (SSSR count). The Morgan fingerprint density at radius 1 is 1.43 bits per heavy atom. The highest BCUT2D eigenvalue weighted by molar-refractivity contribution is 9.10. The van der Waals surface area contributed by atoms with Crippen LogP contribution in [0.4, 0.5) is 5.69 Å². The number of benzene rings is 1. The summed E-state index contributed by atoms with van der Waals surface area (Å²) in [5.74, 6) is 0.127. The van der Waals surface area contributed by atoms with Gasteiger partial charge in [-0.25, -0.2) is 0 Å². The molecule has 0 aromatic heterocycles. The molecule has 0 unspecified atom stereocenters. The molecule has 2 nitrogen and oxygen atoms in total. The lowest BCUT2D eigenvalue weighted by Crippen LogP contribution is -2.31. The summed E-state index contributed by atoms with van der Waals surface area (Å²) in [5, 5.41) is 0.630. The number of aryl methyl sites for hydroxylation is 1. The molecule has 14 heavy (non-hydrogen) atoms. The van der Waals surface area contributed by atoms with Crippen LogP contribution in [0.15, 0.2) is 16.6 Å².